The molecule has 0 atom stereocenters. The minimum absolute atomic E-state index is 0.187. The zero-order valence-corrected chi connectivity index (χ0v) is 17.5. The third kappa shape index (κ3) is 4.86. The Bertz CT molecular complexity index is 837. The number of carbonyl (C=O) groups excluding carboxylic acids is 1. The molecule has 4 rings (SSSR count). The van der Waals surface area contributed by atoms with E-state index in [2.05, 4.69) is 44.1 Å². The van der Waals surface area contributed by atoms with Crippen LogP contribution in [0.4, 0.5) is 17.2 Å². The summed E-state index contributed by atoms with van der Waals surface area (Å²) in [6.45, 7) is 8.36. The number of anilines is 3. The molecule has 0 bridgehead atoms. The van der Waals surface area contributed by atoms with Gasteiger partial charge in [0.1, 0.15) is 17.3 Å². The number of rotatable bonds is 4. The first-order valence-electron chi connectivity index (χ1n) is 10.9. The van der Waals surface area contributed by atoms with Gasteiger partial charge in [-0.2, -0.15) is 0 Å². The fraction of sp³-hybridized carbons (Fsp3) is 0.522. The lowest BCUT2D eigenvalue weighted by Crippen LogP contribution is -2.32. The molecular weight excluding hydrogens is 362 g/mol. The first kappa shape index (κ1) is 19.7. The molecule has 0 aliphatic carbocycles. The number of piperidine rings is 2. The van der Waals surface area contributed by atoms with Crippen LogP contribution in [-0.4, -0.2) is 42.1 Å². The standard InChI is InChI=1S/C23H31N5O/c1-17-10-14-27(15-11-17)20-8-6-19(7-9-20)26-23(29)21-16-22(25-18(2)24-21)28-12-4-3-5-13-28/h6-9,16-17H,3-5,10-15H2,1-2H3,(H,26,29). The maximum Gasteiger partial charge on any atom is 0.274 e. The van der Waals surface area contributed by atoms with Gasteiger partial charge in [0, 0.05) is 43.6 Å². The van der Waals surface area contributed by atoms with Crippen molar-refractivity contribution in [3.05, 3.63) is 41.9 Å². The zero-order valence-electron chi connectivity index (χ0n) is 17.5. The first-order valence-corrected chi connectivity index (χ1v) is 10.9. The fourth-order valence-electron chi connectivity index (χ4n) is 4.17. The summed E-state index contributed by atoms with van der Waals surface area (Å²) >= 11 is 0. The van der Waals surface area contributed by atoms with Gasteiger partial charge in [-0.25, -0.2) is 9.97 Å². The van der Waals surface area contributed by atoms with E-state index >= 15 is 0 Å². The molecule has 3 heterocycles. The molecule has 1 N–H and O–H groups in total. The van der Waals surface area contributed by atoms with E-state index in [1.807, 2.05) is 25.1 Å². The molecule has 6 heteroatoms. The van der Waals surface area contributed by atoms with Crippen LogP contribution in [0, 0.1) is 12.8 Å². The molecule has 0 radical (unpaired) electrons. The Morgan fingerprint density at radius 3 is 2.34 bits per heavy atom. The minimum atomic E-state index is -0.187. The molecular formula is C23H31N5O. The van der Waals surface area contributed by atoms with Crippen molar-refractivity contribution in [2.75, 3.05) is 41.3 Å². The van der Waals surface area contributed by atoms with Gasteiger partial charge in [-0.3, -0.25) is 4.79 Å². The molecule has 154 valence electrons. The predicted molar refractivity (Wildman–Crippen MR) is 118 cm³/mol. The normalized spacial score (nSPS) is 18.0. The summed E-state index contributed by atoms with van der Waals surface area (Å²) in [7, 11) is 0. The van der Waals surface area contributed by atoms with Crippen LogP contribution in [0.2, 0.25) is 0 Å². The molecule has 0 saturated carbocycles. The van der Waals surface area contributed by atoms with Crippen molar-refractivity contribution in [1.82, 2.24) is 9.97 Å². The van der Waals surface area contributed by atoms with Crippen molar-refractivity contribution in [2.45, 2.75) is 46.0 Å². The Balaban J connectivity index is 1.43. The van der Waals surface area contributed by atoms with Gasteiger partial charge in [0.25, 0.3) is 5.91 Å². The Labute approximate surface area is 173 Å². The molecule has 0 unspecified atom stereocenters. The van der Waals surface area contributed by atoms with Crippen molar-refractivity contribution in [1.29, 1.82) is 0 Å². The number of hydrogen-bond donors (Lipinski definition) is 1. The van der Waals surface area contributed by atoms with E-state index in [0.29, 0.717) is 11.5 Å². The predicted octanol–water partition coefficient (Wildman–Crippen LogP) is 4.26. The van der Waals surface area contributed by atoms with E-state index in [4.69, 9.17) is 0 Å². The van der Waals surface area contributed by atoms with E-state index in [1.54, 1.807) is 0 Å². The number of aryl methyl sites for hydroxylation is 1. The molecule has 2 aliphatic rings. The van der Waals surface area contributed by atoms with Gasteiger partial charge in [-0.15, -0.1) is 0 Å². The third-order valence-corrected chi connectivity index (χ3v) is 6.01. The van der Waals surface area contributed by atoms with Gasteiger partial charge >= 0.3 is 0 Å². The van der Waals surface area contributed by atoms with Crippen LogP contribution in [0.3, 0.4) is 0 Å². The van der Waals surface area contributed by atoms with E-state index in [9.17, 15) is 4.79 Å². The molecule has 0 spiro atoms. The topological polar surface area (TPSA) is 61.4 Å². The molecule has 2 saturated heterocycles. The van der Waals surface area contributed by atoms with Crippen molar-refractivity contribution in [3.8, 4) is 0 Å². The van der Waals surface area contributed by atoms with Gasteiger partial charge in [0.2, 0.25) is 0 Å². The lowest BCUT2D eigenvalue weighted by Gasteiger charge is -2.32. The monoisotopic (exact) mass is 393 g/mol. The highest BCUT2D eigenvalue weighted by molar-refractivity contribution is 6.03. The minimum Gasteiger partial charge on any atom is -0.372 e. The van der Waals surface area contributed by atoms with E-state index in [1.165, 1.54) is 37.8 Å². The second-order valence-corrected chi connectivity index (χ2v) is 8.38. The summed E-state index contributed by atoms with van der Waals surface area (Å²) in [5, 5.41) is 2.99. The highest BCUT2D eigenvalue weighted by atomic mass is 16.1. The summed E-state index contributed by atoms with van der Waals surface area (Å²) in [4.78, 5) is 26.4. The third-order valence-electron chi connectivity index (χ3n) is 6.01. The molecule has 1 amide bonds. The van der Waals surface area contributed by atoms with Crippen LogP contribution < -0.4 is 15.1 Å². The van der Waals surface area contributed by atoms with Gasteiger partial charge in [0.05, 0.1) is 0 Å². The van der Waals surface area contributed by atoms with Crippen LogP contribution >= 0.6 is 0 Å². The SMILES string of the molecule is Cc1nc(C(=O)Nc2ccc(N3CCC(C)CC3)cc2)cc(N2CCCCC2)n1. The zero-order chi connectivity index (χ0) is 20.2. The highest BCUT2D eigenvalue weighted by Crippen LogP contribution is 2.25. The Kier molecular flexibility index (Phi) is 5.97. The molecule has 6 nitrogen and oxygen atoms in total. The number of amides is 1. The van der Waals surface area contributed by atoms with Crippen LogP contribution in [0.1, 0.15) is 55.3 Å². The van der Waals surface area contributed by atoms with Gasteiger partial charge < -0.3 is 15.1 Å². The number of nitrogens with one attached hydrogen (secondary N) is 1. The largest absolute Gasteiger partial charge is 0.372 e. The van der Waals surface area contributed by atoms with E-state index in [-0.39, 0.29) is 5.91 Å². The number of carbonyl (C=O) groups is 1. The van der Waals surface area contributed by atoms with Crippen LogP contribution in [-0.2, 0) is 0 Å². The second kappa shape index (κ2) is 8.80. The fourth-order valence-corrected chi connectivity index (χ4v) is 4.17. The average molecular weight is 394 g/mol. The molecule has 2 fully saturated rings. The Hall–Kier alpha value is -2.63. The number of aromatic nitrogens is 2. The van der Waals surface area contributed by atoms with E-state index < -0.39 is 0 Å². The summed E-state index contributed by atoms with van der Waals surface area (Å²) < 4.78 is 0. The van der Waals surface area contributed by atoms with Gasteiger partial charge in [-0.1, -0.05) is 6.92 Å². The number of benzene rings is 1. The second-order valence-electron chi connectivity index (χ2n) is 8.38. The van der Waals surface area contributed by atoms with Crippen molar-refractivity contribution >= 4 is 23.1 Å². The smallest absolute Gasteiger partial charge is 0.274 e. The van der Waals surface area contributed by atoms with E-state index in [0.717, 1.165) is 43.6 Å². The summed E-state index contributed by atoms with van der Waals surface area (Å²) in [5.41, 5.74) is 2.44. The van der Waals surface area contributed by atoms with Crippen molar-refractivity contribution in [2.24, 2.45) is 5.92 Å². The highest BCUT2D eigenvalue weighted by Gasteiger charge is 2.18. The molecule has 1 aromatic carbocycles. The summed E-state index contributed by atoms with van der Waals surface area (Å²) in [5.74, 6) is 2.12. The molecule has 29 heavy (non-hydrogen) atoms. The number of nitrogens with zero attached hydrogens (tertiary/aromatic N) is 4. The lowest BCUT2D eigenvalue weighted by molar-refractivity contribution is 0.102. The lowest BCUT2D eigenvalue weighted by atomic mass is 9.99. The molecule has 1 aromatic heterocycles. The quantitative estimate of drug-likeness (QED) is 0.841. The maximum atomic E-state index is 12.8. The molecule has 2 aliphatic heterocycles. The van der Waals surface area contributed by atoms with Crippen LogP contribution in [0.15, 0.2) is 30.3 Å². The summed E-state index contributed by atoms with van der Waals surface area (Å²) in [6, 6.07) is 9.96. The van der Waals surface area contributed by atoms with Gasteiger partial charge in [-0.05, 0) is 69.2 Å². The van der Waals surface area contributed by atoms with Crippen molar-refractivity contribution < 1.29 is 4.79 Å². The molecule has 2 aromatic rings. The average Bonchev–Trinajstić information content (AvgIpc) is 2.75. The maximum absolute atomic E-state index is 12.8. The Morgan fingerprint density at radius 2 is 1.66 bits per heavy atom. The number of hydrogen-bond acceptors (Lipinski definition) is 5. The Morgan fingerprint density at radius 1 is 0.966 bits per heavy atom. The van der Waals surface area contributed by atoms with Crippen LogP contribution in [0.25, 0.3) is 0 Å². The first-order chi connectivity index (χ1) is 14.1. The van der Waals surface area contributed by atoms with Crippen molar-refractivity contribution in [3.63, 3.8) is 0 Å². The summed E-state index contributed by atoms with van der Waals surface area (Å²) in [6.07, 6.45) is 6.09. The van der Waals surface area contributed by atoms with Gasteiger partial charge in [0.15, 0.2) is 0 Å². The van der Waals surface area contributed by atoms with Crippen LogP contribution in [0.5, 0.6) is 0 Å².